The SMILES string of the molecule is COC(=O)c1ccc(CC(NC(=O)C(N)C(C)(C)C)C(=O)N[C@@H]2CCCc3ccccc32)cc1. The molecule has 0 radical (unpaired) electrons. The third-order valence-corrected chi connectivity index (χ3v) is 6.35. The Morgan fingerprint density at radius 3 is 2.38 bits per heavy atom. The van der Waals surface area contributed by atoms with Crippen molar-refractivity contribution in [2.24, 2.45) is 11.1 Å². The van der Waals surface area contributed by atoms with Gasteiger partial charge in [-0.1, -0.05) is 57.2 Å². The molecule has 4 N–H and O–H groups in total. The fourth-order valence-corrected chi connectivity index (χ4v) is 4.17. The molecule has 0 bridgehead atoms. The minimum atomic E-state index is -0.807. The monoisotopic (exact) mass is 465 g/mol. The van der Waals surface area contributed by atoms with Gasteiger partial charge in [0.05, 0.1) is 24.8 Å². The van der Waals surface area contributed by atoms with Crippen molar-refractivity contribution in [3.05, 3.63) is 70.8 Å². The van der Waals surface area contributed by atoms with Crippen LogP contribution in [0.5, 0.6) is 0 Å². The molecule has 1 aliphatic carbocycles. The molecule has 2 aromatic rings. The lowest BCUT2D eigenvalue weighted by Crippen LogP contribution is -2.56. The molecule has 1 aliphatic rings. The summed E-state index contributed by atoms with van der Waals surface area (Å²) < 4.78 is 4.75. The Bertz CT molecular complexity index is 1030. The van der Waals surface area contributed by atoms with Crippen molar-refractivity contribution in [1.82, 2.24) is 10.6 Å². The van der Waals surface area contributed by atoms with E-state index in [-0.39, 0.29) is 24.3 Å². The molecule has 182 valence electrons. The molecular formula is C27H35N3O4. The average Bonchev–Trinajstić information content (AvgIpc) is 2.82. The molecule has 34 heavy (non-hydrogen) atoms. The Balaban J connectivity index is 1.80. The third-order valence-electron chi connectivity index (χ3n) is 6.35. The van der Waals surface area contributed by atoms with Crippen molar-refractivity contribution in [3.63, 3.8) is 0 Å². The van der Waals surface area contributed by atoms with E-state index in [9.17, 15) is 14.4 Å². The highest BCUT2D eigenvalue weighted by molar-refractivity contribution is 5.91. The molecular weight excluding hydrogens is 430 g/mol. The van der Waals surface area contributed by atoms with E-state index in [1.54, 1.807) is 24.3 Å². The van der Waals surface area contributed by atoms with Crippen LogP contribution in [0.4, 0.5) is 0 Å². The first kappa shape index (κ1) is 25.4. The molecule has 0 saturated heterocycles. The number of hydrogen-bond donors (Lipinski definition) is 3. The summed E-state index contributed by atoms with van der Waals surface area (Å²) >= 11 is 0. The van der Waals surface area contributed by atoms with E-state index in [2.05, 4.69) is 16.7 Å². The number of benzene rings is 2. The highest BCUT2D eigenvalue weighted by Crippen LogP contribution is 2.29. The number of carbonyl (C=O) groups excluding carboxylic acids is 3. The van der Waals surface area contributed by atoms with E-state index < -0.39 is 23.5 Å². The minimum absolute atomic E-state index is 0.102. The molecule has 3 rings (SSSR count). The quantitative estimate of drug-likeness (QED) is 0.545. The Morgan fingerprint density at radius 1 is 1.06 bits per heavy atom. The molecule has 0 aromatic heterocycles. The van der Waals surface area contributed by atoms with Gasteiger partial charge >= 0.3 is 5.97 Å². The van der Waals surface area contributed by atoms with Crippen molar-refractivity contribution in [3.8, 4) is 0 Å². The molecule has 0 spiro atoms. The molecule has 3 atom stereocenters. The van der Waals surface area contributed by atoms with E-state index in [1.807, 2.05) is 39.0 Å². The van der Waals surface area contributed by atoms with Crippen LogP contribution in [0.25, 0.3) is 0 Å². The van der Waals surface area contributed by atoms with E-state index in [0.717, 1.165) is 30.4 Å². The summed E-state index contributed by atoms with van der Waals surface area (Å²) in [5.41, 5.74) is 9.31. The molecule has 7 nitrogen and oxygen atoms in total. The van der Waals surface area contributed by atoms with Gasteiger partial charge in [0.2, 0.25) is 11.8 Å². The van der Waals surface area contributed by atoms with Crippen LogP contribution in [0.3, 0.4) is 0 Å². The number of ether oxygens (including phenoxy) is 1. The predicted octanol–water partition coefficient (Wildman–Crippen LogP) is 3.07. The van der Waals surface area contributed by atoms with Gasteiger partial charge in [-0.2, -0.15) is 0 Å². The van der Waals surface area contributed by atoms with Gasteiger partial charge in [0.25, 0.3) is 0 Å². The standard InChI is InChI=1S/C27H35N3O4/c1-27(2,3)23(28)25(32)30-22(16-17-12-14-19(15-13-17)26(33)34-4)24(31)29-21-11-7-9-18-8-5-6-10-20(18)21/h5-6,8,10,12-15,21-23H,7,9,11,16,28H2,1-4H3,(H,29,31)(H,30,32)/t21-,22?,23?/m1/s1. The van der Waals surface area contributed by atoms with Crippen molar-refractivity contribution in [2.45, 2.75) is 64.6 Å². The maximum absolute atomic E-state index is 13.4. The van der Waals surface area contributed by atoms with Crippen LogP contribution in [-0.2, 0) is 27.2 Å². The number of fused-ring (bicyclic) bond motifs is 1. The minimum Gasteiger partial charge on any atom is -0.465 e. The van der Waals surface area contributed by atoms with Crippen molar-refractivity contribution >= 4 is 17.8 Å². The fraction of sp³-hybridized carbons (Fsp3) is 0.444. The summed E-state index contributed by atoms with van der Waals surface area (Å²) in [5.74, 6) is -1.06. The van der Waals surface area contributed by atoms with Crippen LogP contribution in [0.15, 0.2) is 48.5 Å². The van der Waals surface area contributed by atoms with E-state index in [1.165, 1.54) is 12.7 Å². The summed E-state index contributed by atoms with van der Waals surface area (Å²) in [6.45, 7) is 5.66. The molecule has 0 saturated carbocycles. The van der Waals surface area contributed by atoms with Gasteiger partial charge in [-0.3, -0.25) is 9.59 Å². The second kappa shape index (κ2) is 10.8. The van der Waals surface area contributed by atoms with Crippen LogP contribution < -0.4 is 16.4 Å². The fourth-order valence-electron chi connectivity index (χ4n) is 4.17. The summed E-state index contributed by atoms with van der Waals surface area (Å²) in [6, 6.07) is 13.3. The summed E-state index contributed by atoms with van der Waals surface area (Å²) in [4.78, 5) is 38.0. The van der Waals surface area contributed by atoms with Gasteiger partial charge in [-0.25, -0.2) is 4.79 Å². The Morgan fingerprint density at radius 2 is 1.74 bits per heavy atom. The topological polar surface area (TPSA) is 111 Å². The Labute approximate surface area is 201 Å². The van der Waals surface area contributed by atoms with Crippen LogP contribution >= 0.6 is 0 Å². The number of carbonyl (C=O) groups is 3. The van der Waals surface area contributed by atoms with Crippen LogP contribution in [0.2, 0.25) is 0 Å². The Hall–Kier alpha value is -3.19. The average molecular weight is 466 g/mol. The van der Waals surface area contributed by atoms with Crippen LogP contribution in [0, 0.1) is 5.41 Å². The summed E-state index contributed by atoms with van der Waals surface area (Å²) in [6.07, 6.45) is 3.10. The largest absolute Gasteiger partial charge is 0.465 e. The molecule has 0 heterocycles. The molecule has 7 heteroatoms. The number of amides is 2. The summed E-state index contributed by atoms with van der Waals surface area (Å²) in [7, 11) is 1.33. The zero-order valence-corrected chi connectivity index (χ0v) is 20.4. The second-order valence-corrected chi connectivity index (χ2v) is 9.95. The normalized spacial score (nSPS) is 17.1. The smallest absolute Gasteiger partial charge is 0.337 e. The lowest BCUT2D eigenvalue weighted by atomic mass is 9.86. The van der Waals surface area contributed by atoms with E-state index >= 15 is 0 Å². The van der Waals surface area contributed by atoms with Gasteiger partial charge in [-0.15, -0.1) is 0 Å². The lowest BCUT2D eigenvalue weighted by Gasteiger charge is -2.30. The first-order chi connectivity index (χ1) is 16.1. The van der Waals surface area contributed by atoms with Crippen molar-refractivity contribution < 1.29 is 19.1 Å². The van der Waals surface area contributed by atoms with Gasteiger partial charge in [0, 0.05) is 6.42 Å². The van der Waals surface area contributed by atoms with E-state index in [4.69, 9.17) is 10.5 Å². The van der Waals surface area contributed by atoms with Crippen molar-refractivity contribution in [2.75, 3.05) is 7.11 Å². The maximum atomic E-state index is 13.4. The number of methoxy groups -OCH3 is 1. The van der Waals surface area contributed by atoms with Gasteiger partial charge in [0.1, 0.15) is 6.04 Å². The number of esters is 1. The zero-order valence-electron chi connectivity index (χ0n) is 20.4. The van der Waals surface area contributed by atoms with Crippen LogP contribution in [0.1, 0.15) is 66.7 Å². The first-order valence-electron chi connectivity index (χ1n) is 11.7. The second-order valence-electron chi connectivity index (χ2n) is 9.95. The first-order valence-corrected chi connectivity index (χ1v) is 11.7. The molecule has 2 amide bonds. The number of rotatable bonds is 7. The molecule has 0 aliphatic heterocycles. The van der Waals surface area contributed by atoms with Crippen LogP contribution in [-0.4, -0.2) is 37.0 Å². The number of nitrogens with one attached hydrogen (secondary N) is 2. The van der Waals surface area contributed by atoms with E-state index in [0.29, 0.717) is 5.56 Å². The zero-order chi connectivity index (χ0) is 24.9. The molecule has 2 unspecified atom stereocenters. The van der Waals surface area contributed by atoms with Gasteiger partial charge < -0.3 is 21.1 Å². The lowest BCUT2D eigenvalue weighted by molar-refractivity contribution is -0.131. The number of hydrogen-bond acceptors (Lipinski definition) is 5. The number of nitrogens with two attached hydrogens (primary N) is 1. The summed E-state index contributed by atoms with van der Waals surface area (Å²) in [5, 5.41) is 6.01. The predicted molar refractivity (Wildman–Crippen MR) is 131 cm³/mol. The van der Waals surface area contributed by atoms with Gasteiger partial charge in [-0.05, 0) is 53.5 Å². The third kappa shape index (κ3) is 6.23. The molecule has 0 fully saturated rings. The van der Waals surface area contributed by atoms with Crippen molar-refractivity contribution in [1.29, 1.82) is 0 Å². The maximum Gasteiger partial charge on any atom is 0.337 e. The molecule has 2 aromatic carbocycles. The highest BCUT2D eigenvalue weighted by Gasteiger charge is 2.32. The van der Waals surface area contributed by atoms with Gasteiger partial charge in [0.15, 0.2) is 0 Å². The highest BCUT2D eigenvalue weighted by atomic mass is 16.5. The Kier molecular flexibility index (Phi) is 8.10. The number of aryl methyl sites for hydroxylation is 1.